The lowest BCUT2D eigenvalue weighted by molar-refractivity contribution is -0.149. The van der Waals surface area contributed by atoms with E-state index in [0.717, 1.165) is 11.8 Å². The average Bonchev–Trinajstić information content (AvgIpc) is 2.58. The van der Waals surface area contributed by atoms with Gasteiger partial charge in [0.15, 0.2) is 6.04 Å². The highest BCUT2D eigenvalue weighted by molar-refractivity contribution is 7.86. The van der Waals surface area contributed by atoms with Crippen LogP contribution in [0.25, 0.3) is 0 Å². The van der Waals surface area contributed by atoms with Crippen LogP contribution in [0.4, 0.5) is 0 Å². The van der Waals surface area contributed by atoms with Gasteiger partial charge in [-0.05, 0) is 23.3 Å². The standard InChI is InChI=1S/C18H19NO6S/c1-13(20)19-17(18(21)24-12-14-6-4-3-5-7-14)15-8-10-16(11-9-15)25-26(2,22)23/h3-11,17H,12H2,1-2H3,(H,19,20). The molecule has 0 bridgehead atoms. The third kappa shape index (κ3) is 6.21. The van der Waals surface area contributed by atoms with Crippen molar-refractivity contribution in [3.8, 4) is 5.75 Å². The normalized spacial score (nSPS) is 12.1. The number of hydrogen-bond acceptors (Lipinski definition) is 6. The van der Waals surface area contributed by atoms with Crippen LogP contribution in [-0.2, 0) is 31.1 Å². The smallest absolute Gasteiger partial charge is 0.333 e. The highest BCUT2D eigenvalue weighted by Gasteiger charge is 2.23. The molecule has 1 atom stereocenters. The van der Waals surface area contributed by atoms with Gasteiger partial charge in [-0.2, -0.15) is 8.42 Å². The second-order valence-electron chi connectivity index (χ2n) is 5.58. The molecule has 7 nitrogen and oxygen atoms in total. The molecular weight excluding hydrogens is 358 g/mol. The zero-order valence-electron chi connectivity index (χ0n) is 14.3. The van der Waals surface area contributed by atoms with Gasteiger partial charge < -0.3 is 14.2 Å². The van der Waals surface area contributed by atoms with E-state index >= 15 is 0 Å². The first kappa shape index (κ1) is 19.5. The molecule has 1 N–H and O–H groups in total. The summed E-state index contributed by atoms with van der Waals surface area (Å²) in [6, 6.07) is 13.9. The molecule has 0 heterocycles. The maximum atomic E-state index is 12.4. The molecule has 2 aromatic rings. The number of benzene rings is 2. The minimum Gasteiger partial charge on any atom is -0.459 e. The third-order valence-corrected chi connectivity index (χ3v) is 3.76. The average molecular weight is 377 g/mol. The number of ether oxygens (including phenoxy) is 1. The Morgan fingerprint density at radius 2 is 1.65 bits per heavy atom. The van der Waals surface area contributed by atoms with Crippen LogP contribution in [0.3, 0.4) is 0 Å². The van der Waals surface area contributed by atoms with Crippen molar-refractivity contribution in [2.24, 2.45) is 0 Å². The molecule has 0 aliphatic carbocycles. The Morgan fingerprint density at radius 3 is 2.19 bits per heavy atom. The molecule has 2 aromatic carbocycles. The molecule has 0 radical (unpaired) electrons. The number of esters is 1. The molecule has 0 fully saturated rings. The molecular formula is C18H19NO6S. The van der Waals surface area contributed by atoms with Crippen molar-refractivity contribution in [1.29, 1.82) is 0 Å². The van der Waals surface area contributed by atoms with Crippen molar-refractivity contribution in [1.82, 2.24) is 5.32 Å². The first-order valence-electron chi connectivity index (χ1n) is 7.72. The van der Waals surface area contributed by atoms with Crippen LogP contribution in [0.1, 0.15) is 24.1 Å². The highest BCUT2D eigenvalue weighted by Crippen LogP contribution is 2.20. The van der Waals surface area contributed by atoms with E-state index in [4.69, 9.17) is 8.92 Å². The molecule has 0 spiro atoms. The van der Waals surface area contributed by atoms with Crippen molar-refractivity contribution in [2.45, 2.75) is 19.6 Å². The van der Waals surface area contributed by atoms with Crippen molar-refractivity contribution in [2.75, 3.05) is 6.26 Å². The van der Waals surface area contributed by atoms with E-state index in [1.807, 2.05) is 30.3 Å². The minimum absolute atomic E-state index is 0.0744. The van der Waals surface area contributed by atoms with Gasteiger partial charge in [-0.15, -0.1) is 0 Å². The number of carbonyl (C=O) groups is 2. The first-order valence-corrected chi connectivity index (χ1v) is 9.53. The molecule has 1 amide bonds. The lowest BCUT2D eigenvalue weighted by Crippen LogP contribution is -2.33. The van der Waals surface area contributed by atoms with E-state index in [9.17, 15) is 18.0 Å². The van der Waals surface area contributed by atoms with Crippen molar-refractivity contribution < 1.29 is 26.9 Å². The fraction of sp³-hybridized carbons (Fsp3) is 0.222. The van der Waals surface area contributed by atoms with Crippen LogP contribution in [0.5, 0.6) is 5.75 Å². The summed E-state index contributed by atoms with van der Waals surface area (Å²) in [5.41, 5.74) is 1.26. The van der Waals surface area contributed by atoms with Gasteiger partial charge in [-0.3, -0.25) is 4.79 Å². The van der Waals surface area contributed by atoms with Gasteiger partial charge in [0, 0.05) is 6.92 Å². The Morgan fingerprint density at radius 1 is 1.04 bits per heavy atom. The zero-order valence-corrected chi connectivity index (χ0v) is 15.2. The minimum atomic E-state index is -3.65. The maximum Gasteiger partial charge on any atom is 0.333 e. The van der Waals surface area contributed by atoms with Gasteiger partial charge in [0.05, 0.1) is 6.26 Å². The van der Waals surface area contributed by atoms with Crippen LogP contribution in [0.2, 0.25) is 0 Å². The van der Waals surface area contributed by atoms with Crippen LogP contribution >= 0.6 is 0 Å². The predicted octanol–water partition coefficient (Wildman–Crippen LogP) is 1.95. The molecule has 0 aliphatic heterocycles. The molecule has 138 valence electrons. The fourth-order valence-electron chi connectivity index (χ4n) is 2.18. The van der Waals surface area contributed by atoms with Crippen LogP contribution < -0.4 is 9.50 Å². The molecule has 2 rings (SSSR count). The Balaban J connectivity index is 2.12. The highest BCUT2D eigenvalue weighted by atomic mass is 32.2. The number of nitrogens with one attached hydrogen (secondary N) is 1. The van der Waals surface area contributed by atoms with Gasteiger partial charge in [0.2, 0.25) is 5.91 Å². The Labute approximate surface area is 152 Å². The molecule has 0 saturated carbocycles. The van der Waals surface area contributed by atoms with Gasteiger partial charge in [0.25, 0.3) is 0 Å². The van der Waals surface area contributed by atoms with E-state index in [2.05, 4.69) is 5.32 Å². The summed E-state index contributed by atoms with van der Waals surface area (Å²) in [6.07, 6.45) is 0.933. The Bertz CT molecular complexity index is 862. The summed E-state index contributed by atoms with van der Waals surface area (Å²) >= 11 is 0. The molecule has 0 aromatic heterocycles. The third-order valence-electron chi connectivity index (χ3n) is 3.27. The number of amides is 1. The number of rotatable bonds is 7. The number of carbonyl (C=O) groups excluding carboxylic acids is 2. The Kier molecular flexibility index (Phi) is 6.35. The molecule has 0 saturated heterocycles. The topological polar surface area (TPSA) is 98.8 Å². The van der Waals surface area contributed by atoms with Crippen LogP contribution in [0.15, 0.2) is 54.6 Å². The molecule has 1 unspecified atom stereocenters. The van der Waals surface area contributed by atoms with E-state index in [1.54, 1.807) is 0 Å². The quantitative estimate of drug-likeness (QED) is 0.585. The molecule has 0 aliphatic rings. The van der Waals surface area contributed by atoms with Gasteiger partial charge in [-0.1, -0.05) is 42.5 Å². The number of hydrogen-bond donors (Lipinski definition) is 1. The second-order valence-corrected chi connectivity index (χ2v) is 7.16. The largest absolute Gasteiger partial charge is 0.459 e. The van der Waals surface area contributed by atoms with Crippen molar-refractivity contribution in [3.63, 3.8) is 0 Å². The summed E-state index contributed by atoms with van der Waals surface area (Å²) in [5, 5.41) is 2.53. The van der Waals surface area contributed by atoms with Gasteiger partial charge in [-0.25, -0.2) is 4.79 Å². The summed E-state index contributed by atoms with van der Waals surface area (Å²) < 4.78 is 32.3. The molecule has 26 heavy (non-hydrogen) atoms. The van der Waals surface area contributed by atoms with Crippen LogP contribution in [-0.4, -0.2) is 26.6 Å². The maximum absolute atomic E-state index is 12.4. The lowest BCUT2D eigenvalue weighted by atomic mass is 10.1. The SMILES string of the molecule is CC(=O)NC(C(=O)OCc1ccccc1)c1ccc(OS(C)(=O)=O)cc1. The van der Waals surface area contributed by atoms with E-state index in [-0.39, 0.29) is 12.4 Å². The zero-order chi connectivity index (χ0) is 19.2. The van der Waals surface area contributed by atoms with E-state index in [0.29, 0.717) is 5.56 Å². The van der Waals surface area contributed by atoms with Gasteiger partial charge >= 0.3 is 16.1 Å². The van der Waals surface area contributed by atoms with Gasteiger partial charge in [0.1, 0.15) is 12.4 Å². The summed E-state index contributed by atoms with van der Waals surface area (Å²) in [5.74, 6) is -0.917. The van der Waals surface area contributed by atoms with E-state index in [1.165, 1.54) is 31.2 Å². The second kappa shape index (κ2) is 8.48. The fourth-order valence-corrected chi connectivity index (χ4v) is 2.64. The summed E-state index contributed by atoms with van der Waals surface area (Å²) in [6.45, 7) is 1.36. The van der Waals surface area contributed by atoms with Crippen molar-refractivity contribution in [3.05, 3.63) is 65.7 Å². The predicted molar refractivity (Wildman–Crippen MR) is 94.7 cm³/mol. The monoisotopic (exact) mass is 377 g/mol. The van der Waals surface area contributed by atoms with E-state index < -0.39 is 28.0 Å². The first-order chi connectivity index (χ1) is 12.2. The lowest BCUT2D eigenvalue weighted by Gasteiger charge is -2.17. The Hall–Kier alpha value is -2.87. The summed E-state index contributed by atoms with van der Waals surface area (Å²) in [7, 11) is -3.65. The summed E-state index contributed by atoms with van der Waals surface area (Å²) in [4.78, 5) is 23.8. The molecule has 8 heteroatoms. The van der Waals surface area contributed by atoms with Crippen LogP contribution in [0, 0.1) is 0 Å². The van der Waals surface area contributed by atoms with Crippen molar-refractivity contribution >= 4 is 22.0 Å².